The molecule has 0 amide bonds. The van der Waals surface area contributed by atoms with E-state index in [1.165, 1.54) is 0 Å². The van der Waals surface area contributed by atoms with Gasteiger partial charge in [-0.1, -0.05) is 0 Å². The van der Waals surface area contributed by atoms with Gasteiger partial charge in [0.05, 0.1) is 18.6 Å². The number of aromatic nitrogens is 1. The van der Waals surface area contributed by atoms with Crippen LogP contribution in [0.1, 0.15) is 15.9 Å². The summed E-state index contributed by atoms with van der Waals surface area (Å²) < 4.78 is 5.20. The summed E-state index contributed by atoms with van der Waals surface area (Å²) in [5, 5.41) is 9.17. The first kappa shape index (κ1) is 10.5. The molecule has 0 aromatic carbocycles. The first-order chi connectivity index (χ1) is 8.10. The van der Waals surface area contributed by atoms with Crippen LogP contribution in [0.15, 0.2) is 12.3 Å². The summed E-state index contributed by atoms with van der Waals surface area (Å²) in [5.74, 6) is -0.331. The number of aryl methyl sites for hydroxylation is 1. The zero-order valence-corrected chi connectivity index (χ0v) is 9.64. The molecule has 0 atom stereocenters. The summed E-state index contributed by atoms with van der Waals surface area (Å²) in [6.07, 6.45) is 1.71. The number of rotatable bonds is 2. The Morgan fingerprint density at radius 1 is 1.53 bits per heavy atom. The lowest BCUT2D eigenvalue weighted by Crippen LogP contribution is -2.66. The van der Waals surface area contributed by atoms with Gasteiger partial charge in [0, 0.05) is 19.3 Å². The van der Waals surface area contributed by atoms with E-state index in [0.29, 0.717) is 11.4 Å². The molecule has 2 saturated heterocycles. The highest BCUT2D eigenvalue weighted by Crippen LogP contribution is 2.40. The topological polar surface area (TPSA) is 62.7 Å². The molecule has 3 rings (SSSR count). The predicted octanol–water partition coefficient (Wildman–Crippen LogP) is 0.925. The van der Waals surface area contributed by atoms with Crippen LogP contribution >= 0.6 is 0 Å². The minimum absolute atomic E-state index is 0.266. The first-order valence-electron chi connectivity index (χ1n) is 5.62. The number of carboxylic acids is 1. The second-order valence-electron chi connectivity index (χ2n) is 5.04. The van der Waals surface area contributed by atoms with Gasteiger partial charge in [0.1, 0.15) is 11.4 Å². The fourth-order valence-corrected chi connectivity index (χ4v) is 2.46. The van der Waals surface area contributed by atoms with Crippen LogP contribution < -0.4 is 4.90 Å². The second-order valence-corrected chi connectivity index (χ2v) is 5.04. The van der Waals surface area contributed by atoms with Gasteiger partial charge in [-0.15, -0.1) is 0 Å². The number of aromatic carboxylic acids is 1. The van der Waals surface area contributed by atoms with E-state index in [-0.39, 0.29) is 5.41 Å². The lowest BCUT2D eigenvalue weighted by Gasteiger charge is -2.55. The molecule has 0 saturated carbocycles. The van der Waals surface area contributed by atoms with Crippen LogP contribution in [0.2, 0.25) is 0 Å². The highest BCUT2D eigenvalue weighted by atomic mass is 16.5. The largest absolute Gasteiger partial charge is 0.478 e. The third kappa shape index (κ3) is 1.58. The number of carbonyl (C=O) groups is 1. The van der Waals surface area contributed by atoms with Crippen LogP contribution in [0.25, 0.3) is 0 Å². The molecule has 17 heavy (non-hydrogen) atoms. The Bertz CT molecular complexity index is 475. The first-order valence-corrected chi connectivity index (χ1v) is 5.62. The molecule has 0 unspecified atom stereocenters. The van der Waals surface area contributed by atoms with Crippen molar-refractivity contribution in [2.45, 2.75) is 6.92 Å². The van der Waals surface area contributed by atoms with Crippen LogP contribution in [0.3, 0.4) is 0 Å². The minimum atomic E-state index is -0.915. The Morgan fingerprint density at radius 3 is 2.76 bits per heavy atom. The Balaban J connectivity index is 1.85. The van der Waals surface area contributed by atoms with Gasteiger partial charge in [0.15, 0.2) is 0 Å². The van der Waals surface area contributed by atoms with Gasteiger partial charge in [0.2, 0.25) is 0 Å². The van der Waals surface area contributed by atoms with E-state index in [0.717, 1.165) is 31.9 Å². The fraction of sp³-hybridized carbons (Fsp3) is 0.500. The maximum atomic E-state index is 11.2. The maximum Gasteiger partial charge on any atom is 0.339 e. The van der Waals surface area contributed by atoms with Gasteiger partial charge in [0.25, 0.3) is 0 Å². The van der Waals surface area contributed by atoms with E-state index in [9.17, 15) is 4.79 Å². The molecule has 5 nitrogen and oxygen atoms in total. The predicted molar refractivity (Wildman–Crippen MR) is 61.4 cm³/mol. The molecule has 2 fully saturated rings. The van der Waals surface area contributed by atoms with Gasteiger partial charge in [-0.25, -0.2) is 9.78 Å². The van der Waals surface area contributed by atoms with Gasteiger partial charge in [-0.3, -0.25) is 0 Å². The van der Waals surface area contributed by atoms with Crippen LogP contribution in [0.4, 0.5) is 5.82 Å². The highest BCUT2D eigenvalue weighted by Gasteiger charge is 2.50. The van der Waals surface area contributed by atoms with Crippen molar-refractivity contribution >= 4 is 11.8 Å². The molecular formula is C12H14N2O3. The number of pyridine rings is 1. The molecule has 2 aliphatic heterocycles. The number of ether oxygens (including phenoxy) is 1. The number of hydrogen-bond acceptors (Lipinski definition) is 4. The molecule has 90 valence electrons. The molecular weight excluding hydrogens is 220 g/mol. The Hall–Kier alpha value is -1.62. The summed E-state index contributed by atoms with van der Waals surface area (Å²) in [6.45, 7) is 5.13. The van der Waals surface area contributed by atoms with Crippen molar-refractivity contribution in [3.63, 3.8) is 0 Å². The van der Waals surface area contributed by atoms with Crippen molar-refractivity contribution in [3.05, 3.63) is 23.4 Å². The molecule has 1 spiro atoms. The highest BCUT2D eigenvalue weighted by molar-refractivity contribution is 5.93. The Kier molecular flexibility index (Phi) is 2.13. The number of nitrogens with zero attached hydrogens (tertiary/aromatic N) is 2. The SMILES string of the molecule is Cc1cnc(N2CC3(COC3)C2)c(C(=O)O)c1. The van der Waals surface area contributed by atoms with Crippen LogP contribution in [-0.4, -0.2) is 42.4 Å². The van der Waals surface area contributed by atoms with Crippen molar-refractivity contribution in [3.8, 4) is 0 Å². The minimum Gasteiger partial charge on any atom is -0.478 e. The summed E-state index contributed by atoms with van der Waals surface area (Å²) in [7, 11) is 0. The van der Waals surface area contributed by atoms with Gasteiger partial charge in [-0.05, 0) is 18.6 Å². The molecule has 0 bridgehead atoms. The van der Waals surface area contributed by atoms with Crippen LogP contribution in [0.5, 0.6) is 0 Å². The lowest BCUT2D eigenvalue weighted by molar-refractivity contribution is -0.127. The summed E-state index contributed by atoms with van der Waals surface area (Å²) in [5.41, 5.74) is 1.43. The standard InChI is InChI=1S/C12H14N2O3/c1-8-2-9(11(15)16)10(13-3-8)14-4-12(5-14)6-17-7-12/h2-3H,4-7H2,1H3,(H,15,16). The molecule has 2 aliphatic rings. The van der Waals surface area contributed by atoms with Crippen molar-refractivity contribution in [2.24, 2.45) is 5.41 Å². The Morgan fingerprint density at radius 2 is 2.24 bits per heavy atom. The molecule has 0 aliphatic carbocycles. The fourth-order valence-electron chi connectivity index (χ4n) is 2.46. The molecule has 3 heterocycles. The average molecular weight is 234 g/mol. The third-order valence-electron chi connectivity index (χ3n) is 3.40. The van der Waals surface area contributed by atoms with E-state index >= 15 is 0 Å². The molecule has 1 N–H and O–H groups in total. The zero-order valence-electron chi connectivity index (χ0n) is 9.64. The zero-order chi connectivity index (χ0) is 12.0. The van der Waals surface area contributed by atoms with E-state index in [4.69, 9.17) is 9.84 Å². The van der Waals surface area contributed by atoms with E-state index in [2.05, 4.69) is 4.98 Å². The molecule has 0 radical (unpaired) electrons. The van der Waals surface area contributed by atoms with E-state index in [1.54, 1.807) is 12.3 Å². The van der Waals surface area contributed by atoms with Crippen molar-refractivity contribution in [2.75, 3.05) is 31.2 Å². The summed E-state index contributed by atoms with van der Waals surface area (Å²) >= 11 is 0. The summed E-state index contributed by atoms with van der Waals surface area (Å²) in [4.78, 5) is 17.4. The average Bonchev–Trinajstić information content (AvgIpc) is 2.15. The van der Waals surface area contributed by atoms with Gasteiger partial charge in [-0.2, -0.15) is 0 Å². The van der Waals surface area contributed by atoms with E-state index < -0.39 is 5.97 Å². The maximum absolute atomic E-state index is 11.2. The Labute approximate surface area is 99.0 Å². The van der Waals surface area contributed by atoms with Crippen molar-refractivity contribution in [1.82, 2.24) is 4.98 Å². The lowest BCUT2D eigenvalue weighted by atomic mass is 9.78. The second kappa shape index (κ2) is 3.43. The summed E-state index contributed by atoms with van der Waals surface area (Å²) in [6, 6.07) is 1.67. The molecule has 1 aromatic heterocycles. The third-order valence-corrected chi connectivity index (χ3v) is 3.40. The normalized spacial score (nSPS) is 20.9. The monoisotopic (exact) mass is 234 g/mol. The van der Waals surface area contributed by atoms with Crippen molar-refractivity contribution in [1.29, 1.82) is 0 Å². The smallest absolute Gasteiger partial charge is 0.339 e. The number of anilines is 1. The van der Waals surface area contributed by atoms with Gasteiger partial charge >= 0.3 is 5.97 Å². The number of hydrogen-bond donors (Lipinski definition) is 1. The van der Waals surface area contributed by atoms with E-state index in [1.807, 2.05) is 11.8 Å². The van der Waals surface area contributed by atoms with Crippen molar-refractivity contribution < 1.29 is 14.6 Å². The number of carboxylic acid groups (broad SMARTS) is 1. The molecule has 1 aromatic rings. The van der Waals surface area contributed by atoms with Crippen LogP contribution in [-0.2, 0) is 4.74 Å². The molecule has 5 heteroatoms. The quantitative estimate of drug-likeness (QED) is 0.824. The van der Waals surface area contributed by atoms with Crippen LogP contribution in [0, 0.1) is 12.3 Å². The van der Waals surface area contributed by atoms with Gasteiger partial charge < -0.3 is 14.7 Å².